The number of imidazole rings is 1. The molecule has 1 saturated carbocycles. The van der Waals surface area contributed by atoms with Crippen LogP contribution in [0, 0.1) is 11.7 Å². The molecule has 12 nitrogen and oxygen atoms in total. The number of fused-ring (bicyclic) bond motifs is 1. The van der Waals surface area contributed by atoms with E-state index in [4.69, 9.17) is 0 Å². The van der Waals surface area contributed by atoms with Crippen molar-refractivity contribution in [3.63, 3.8) is 0 Å². The van der Waals surface area contributed by atoms with Crippen LogP contribution in [-0.4, -0.2) is 61.6 Å². The second-order valence-corrected chi connectivity index (χ2v) is 11.7. The molecule has 13 heteroatoms. The fourth-order valence-corrected chi connectivity index (χ4v) is 5.81. The van der Waals surface area contributed by atoms with Crippen molar-refractivity contribution in [2.45, 2.75) is 57.3 Å². The van der Waals surface area contributed by atoms with Crippen molar-refractivity contribution in [1.29, 1.82) is 0 Å². The third kappa shape index (κ3) is 8.37. The lowest BCUT2D eigenvalue weighted by atomic mass is 9.99. The number of carboxylic acid groups (broad SMARTS) is 1. The molecule has 3 aromatic carbocycles. The van der Waals surface area contributed by atoms with Crippen molar-refractivity contribution < 1.29 is 38.9 Å². The molecule has 1 fully saturated rings. The van der Waals surface area contributed by atoms with Gasteiger partial charge in [0.15, 0.2) is 6.29 Å². The minimum Gasteiger partial charge on any atom is -0.478 e. The van der Waals surface area contributed by atoms with E-state index >= 15 is 0 Å². The molecule has 0 bridgehead atoms. The molecule has 5 rings (SSSR count). The molecule has 47 heavy (non-hydrogen) atoms. The van der Waals surface area contributed by atoms with E-state index in [1.165, 1.54) is 55.6 Å². The molecule has 0 aliphatic heterocycles. The SMILES string of the molecule is O=C(O)c1cc(NC(=O)[C@H](Cc2ccccc2F)NC(=O)c2cc3nc[nH]c3cc2C(=O)NCC2CCCCCC2)cc(C(O)O)c1. The Morgan fingerprint density at radius 3 is 2.36 bits per heavy atom. The van der Waals surface area contributed by atoms with E-state index in [9.17, 15) is 38.9 Å². The number of nitrogens with zero attached hydrogens (tertiary/aromatic N) is 1. The molecule has 1 atom stereocenters. The van der Waals surface area contributed by atoms with Crippen molar-refractivity contribution in [3.8, 4) is 0 Å². The Morgan fingerprint density at radius 1 is 0.936 bits per heavy atom. The van der Waals surface area contributed by atoms with E-state index in [1.54, 1.807) is 6.07 Å². The Kier molecular flexibility index (Phi) is 10.6. The average Bonchev–Trinajstić information content (AvgIpc) is 3.36. The van der Waals surface area contributed by atoms with Gasteiger partial charge in [0.05, 0.1) is 34.1 Å². The summed E-state index contributed by atoms with van der Waals surface area (Å²) in [6.07, 6.45) is 5.66. The Labute approximate surface area is 269 Å². The van der Waals surface area contributed by atoms with Crippen LogP contribution in [0.25, 0.3) is 11.0 Å². The maximum atomic E-state index is 14.7. The number of aromatic amines is 1. The van der Waals surface area contributed by atoms with Crippen LogP contribution < -0.4 is 16.0 Å². The lowest BCUT2D eigenvalue weighted by Gasteiger charge is -2.21. The Bertz CT molecular complexity index is 1780. The van der Waals surface area contributed by atoms with Gasteiger partial charge in [-0.25, -0.2) is 14.2 Å². The maximum Gasteiger partial charge on any atom is 0.335 e. The number of anilines is 1. The predicted molar refractivity (Wildman–Crippen MR) is 170 cm³/mol. The van der Waals surface area contributed by atoms with Gasteiger partial charge in [0.2, 0.25) is 5.91 Å². The van der Waals surface area contributed by atoms with E-state index in [-0.39, 0.29) is 39.9 Å². The summed E-state index contributed by atoms with van der Waals surface area (Å²) in [6.45, 7) is 0.457. The Morgan fingerprint density at radius 2 is 1.66 bits per heavy atom. The average molecular weight is 646 g/mol. The first-order chi connectivity index (χ1) is 22.6. The zero-order valence-corrected chi connectivity index (χ0v) is 25.5. The largest absolute Gasteiger partial charge is 0.478 e. The lowest BCUT2D eigenvalue weighted by Crippen LogP contribution is -2.46. The molecular weight excluding hydrogens is 609 g/mol. The third-order valence-electron chi connectivity index (χ3n) is 8.35. The van der Waals surface area contributed by atoms with Crippen LogP contribution in [0.2, 0.25) is 0 Å². The number of aromatic nitrogens is 2. The van der Waals surface area contributed by atoms with Crippen molar-refractivity contribution >= 4 is 40.4 Å². The highest BCUT2D eigenvalue weighted by Crippen LogP contribution is 2.24. The summed E-state index contributed by atoms with van der Waals surface area (Å²) < 4.78 is 14.7. The van der Waals surface area contributed by atoms with Gasteiger partial charge in [0, 0.05) is 24.2 Å². The zero-order valence-electron chi connectivity index (χ0n) is 25.5. The second-order valence-electron chi connectivity index (χ2n) is 11.7. The maximum absolute atomic E-state index is 14.7. The fraction of sp³-hybridized carbons (Fsp3) is 0.324. The van der Waals surface area contributed by atoms with Gasteiger partial charge in [0.1, 0.15) is 11.9 Å². The minimum absolute atomic E-state index is 0.0483. The molecule has 3 amide bonds. The fourth-order valence-electron chi connectivity index (χ4n) is 5.81. The first kappa shape index (κ1) is 33.2. The molecule has 1 aliphatic rings. The highest BCUT2D eigenvalue weighted by atomic mass is 19.1. The number of hydrogen-bond donors (Lipinski definition) is 7. The number of benzene rings is 3. The number of aromatic carboxylic acids is 1. The standard InChI is InChI=1S/C34H36FN5O7/c35-26-10-6-5-9-20(26)14-29(32(43)39-23-12-21(33(44)45)11-22(13-23)34(46)47)40-31(42)25-16-28-27(37-18-38-28)15-24(25)30(41)36-17-19-7-3-1-2-4-8-19/h5-6,9-13,15-16,18-19,29,33,44-45H,1-4,7-8,14,17H2,(H,36,41)(H,37,38)(H,39,43)(H,40,42)(H,46,47)/t29-/m0/s1. The molecule has 1 aromatic heterocycles. The number of hydrogen-bond acceptors (Lipinski definition) is 7. The Balaban J connectivity index is 1.43. The number of amides is 3. The number of aliphatic hydroxyl groups is 2. The highest BCUT2D eigenvalue weighted by molar-refractivity contribution is 6.11. The molecule has 7 N–H and O–H groups in total. The molecule has 0 unspecified atom stereocenters. The van der Waals surface area contributed by atoms with Gasteiger partial charge >= 0.3 is 5.97 Å². The topological polar surface area (TPSA) is 194 Å². The van der Waals surface area contributed by atoms with Gasteiger partial charge in [-0.2, -0.15) is 0 Å². The van der Waals surface area contributed by atoms with Crippen LogP contribution in [0.3, 0.4) is 0 Å². The molecule has 0 saturated heterocycles. The quantitative estimate of drug-likeness (QED) is 0.0937. The van der Waals surface area contributed by atoms with Gasteiger partial charge in [0.25, 0.3) is 11.8 Å². The molecule has 1 heterocycles. The molecular formula is C34H36FN5O7. The number of rotatable bonds is 11. The number of H-pyrrole nitrogens is 1. The van der Waals surface area contributed by atoms with Crippen molar-refractivity contribution in [2.24, 2.45) is 5.92 Å². The van der Waals surface area contributed by atoms with E-state index in [0.717, 1.165) is 37.8 Å². The van der Waals surface area contributed by atoms with Gasteiger partial charge in [-0.3, -0.25) is 14.4 Å². The summed E-state index contributed by atoms with van der Waals surface area (Å²) in [6, 6.07) is 10.6. The second kappa shape index (κ2) is 15.0. The first-order valence-electron chi connectivity index (χ1n) is 15.4. The molecule has 246 valence electrons. The van der Waals surface area contributed by atoms with Gasteiger partial charge in [-0.1, -0.05) is 43.9 Å². The number of carboxylic acids is 1. The Hall–Kier alpha value is -5.14. The summed E-state index contributed by atoms with van der Waals surface area (Å²) in [4.78, 5) is 59.8. The van der Waals surface area contributed by atoms with Crippen molar-refractivity contribution in [3.05, 3.63) is 94.6 Å². The predicted octanol–water partition coefficient (Wildman–Crippen LogP) is 4.06. The van der Waals surface area contributed by atoms with Gasteiger partial charge in [-0.15, -0.1) is 0 Å². The lowest BCUT2D eigenvalue weighted by molar-refractivity contribution is -0.118. The van der Waals surface area contributed by atoms with E-state index in [1.807, 2.05) is 0 Å². The van der Waals surface area contributed by atoms with Crippen LogP contribution in [0.1, 0.15) is 87.0 Å². The summed E-state index contributed by atoms with van der Waals surface area (Å²) in [5.41, 5.74) is 0.453. The minimum atomic E-state index is -2.03. The van der Waals surface area contributed by atoms with Crippen LogP contribution in [0.5, 0.6) is 0 Å². The zero-order chi connectivity index (χ0) is 33.5. The summed E-state index contributed by atoms with van der Waals surface area (Å²) >= 11 is 0. The summed E-state index contributed by atoms with van der Waals surface area (Å²) in [5, 5.41) is 36.8. The summed E-state index contributed by atoms with van der Waals surface area (Å²) in [7, 11) is 0. The number of aliphatic hydroxyl groups excluding tert-OH is 1. The van der Waals surface area contributed by atoms with Gasteiger partial charge in [-0.05, 0) is 60.7 Å². The number of carbonyl (C=O) groups excluding carboxylic acids is 3. The van der Waals surface area contributed by atoms with E-state index in [2.05, 4.69) is 25.9 Å². The smallest absolute Gasteiger partial charge is 0.335 e. The molecule has 1 aliphatic carbocycles. The third-order valence-corrected chi connectivity index (χ3v) is 8.35. The van der Waals surface area contributed by atoms with Crippen LogP contribution >= 0.6 is 0 Å². The molecule has 4 aromatic rings. The van der Waals surface area contributed by atoms with Crippen LogP contribution in [-0.2, 0) is 11.2 Å². The van der Waals surface area contributed by atoms with Crippen LogP contribution in [0.15, 0.2) is 60.9 Å². The van der Waals surface area contributed by atoms with E-state index in [0.29, 0.717) is 23.5 Å². The van der Waals surface area contributed by atoms with Crippen molar-refractivity contribution in [2.75, 3.05) is 11.9 Å². The summed E-state index contributed by atoms with van der Waals surface area (Å²) in [5.74, 6) is -3.77. The monoisotopic (exact) mass is 645 g/mol. The number of carbonyl (C=O) groups is 4. The number of nitrogens with one attached hydrogen (secondary N) is 4. The van der Waals surface area contributed by atoms with Crippen LogP contribution in [0.4, 0.5) is 10.1 Å². The van der Waals surface area contributed by atoms with Crippen molar-refractivity contribution in [1.82, 2.24) is 20.6 Å². The van der Waals surface area contributed by atoms with Gasteiger partial charge < -0.3 is 36.3 Å². The first-order valence-corrected chi connectivity index (χ1v) is 15.4. The normalized spacial score (nSPS) is 14.4. The van der Waals surface area contributed by atoms with E-state index < -0.39 is 41.8 Å². The highest BCUT2D eigenvalue weighted by Gasteiger charge is 2.27. The number of halogens is 1. The molecule has 0 radical (unpaired) electrons. The molecule has 0 spiro atoms.